The second-order valence-electron chi connectivity index (χ2n) is 12.8. The van der Waals surface area contributed by atoms with E-state index in [9.17, 15) is 24.3 Å². The Morgan fingerprint density at radius 2 is 1.43 bits per heavy atom. The SMILES string of the molecule is CC(C)(C)OC(=O)NC(Cc1ccc(OC(C)(C)C)cc1)(C(=O)O)c1ccc(C=c2[nH]c(=O)c(=Cc3ccccc3)[nH]c2=O)nc1. The smallest absolute Gasteiger partial charge is 0.408 e. The predicted molar refractivity (Wildman–Crippen MR) is 174 cm³/mol. The third kappa shape index (κ3) is 8.81. The highest BCUT2D eigenvalue weighted by molar-refractivity contribution is 5.86. The molecule has 0 saturated heterocycles. The minimum atomic E-state index is -1.97. The first kappa shape index (κ1) is 33.4. The Bertz CT molecular complexity index is 1930. The molecule has 4 N–H and O–H groups in total. The summed E-state index contributed by atoms with van der Waals surface area (Å²) in [5.74, 6) is -0.726. The lowest BCUT2D eigenvalue weighted by atomic mass is 9.84. The first-order chi connectivity index (χ1) is 21.5. The van der Waals surface area contributed by atoms with Crippen LogP contribution < -0.4 is 31.9 Å². The van der Waals surface area contributed by atoms with Crippen molar-refractivity contribution in [1.29, 1.82) is 0 Å². The molecule has 0 spiro atoms. The van der Waals surface area contributed by atoms with E-state index in [0.29, 0.717) is 11.3 Å². The maximum atomic E-state index is 13.0. The number of aliphatic carboxylic acids is 1. The number of alkyl carbamates (subject to hydrolysis) is 1. The number of carboxylic acids is 1. The van der Waals surface area contributed by atoms with Crippen molar-refractivity contribution in [3.05, 3.63) is 127 Å². The summed E-state index contributed by atoms with van der Waals surface area (Å²) >= 11 is 0. The zero-order valence-corrected chi connectivity index (χ0v) is 26.6. The predicted octanol–water partition coefficient (Wildman–Crippen LogP) is 3.34. The molecule has 240 valence electrons. The van der Waals surface area contributed by atoms with Gasteiger partial charge < -0.3 is 29.9 Å². The summed E-state index contributed by atoms with van der Waals surface area (Å²) in [4.78, 5) is 60.9. The Morgan fingerprint density at radius 1 is 0.826 bits per heavy atom. The molecular formula is C35H38N4O7. The van der Waals surface area contributed by atoms with Crippen molar-refractivity contribution in [1.82, 2.24) is 20.3 Å². The van der Waals surface area contributed by atoms with Crippen molar-refractivity contribution in [2.75, 3.05) is 0 Å². The fraction of sp³-hybridized carbons (Fsp3) is 0.286. The highest BCUT2D eigenvalue weighted by Gasteiger charge is 2.43. The van der Waals surface area contributed by atoms with Crippen LogP contribution in [-0.4, -0.2) is 43.3 Å². The summed E-state index contributed by atoms with van der Waals surface area (Å²) in [7, 11) is 0. The van der Waals surface area contributed by atoms with Crippen molar-refractivity contribution in [2.24, 2.45) is 0 Å². The summed E-state index contributed by atoms with van der Waals surface area (Å²) in [6, 6.07) is 19.0. The molecule has 2 heterocycles. The zero-order valence-electron chi connectivity index (χ0n) is 26.6. The van der Waals surface area contributed by atoms with Gasteiger partial charge in [-0.25, -0.2) is 9.59 Å². The fourth-order valence-corrected chi connectivity index (χ4v) is 4.59. The summed E-state index contributed by atoms with van der Waals surface area (Å²) in [5, 5.41) is 13.2. The van der Waals surface area contributed by atoms with Crippen molar-refractivity contribution in [3.8, 4) is 5.75 Å². The van der Waals surface area contributed by atoms with Crippen LogP contribution in [0.2, 0.25) is 0 Å². The number of carbonyl (C=O) groups excluding carboxylic acids is 1. The van der Waals surface area contributed by atoms with Gasteiger partial charge in [-0.3, -0.25) is 14.6 Å². The third-order valence-electron chi connectivity index (χ3n) is 6.56. The number of carbonyl (C=O) groups is 2. The van der Waals surface area contributed by atoms with Crippen LogP contribution in [0.15, 0.2) is 82.5 Å². The van der Waals surface area contributed by atoms with Gasteiger partial charge in [-0.15, -0.1) is 0 Å². The average molecular weight is 627 g/mol. The fourth-order valence-electron chi connectivity index (χ4n) is 4.59. The minimum Gasteiger partial charge on any atom is -0.488 e. The van der Waals surface area contributed by atoms with E-state index in [1.807, 2.05) is 39.0 Å². The monoisotopic (exact) mass is 626 g/mol. The number of aromatic nitrogens is 3. The van der Waals surface area contributed by atoms with Crippen molar-refractivity contribution >= 4 is 24.2 Å². The van der Waals surface area contributed by atoms with E-state index in [0.717, 1.165) is 5.56 Å². The molecule has 1 atom stereocenters. The Labute approximate surface area is 265 Å². The molecule has 46 heavy (non-hydrogen) atoms. The number of amides is 1. The summed E-state index contributed by atoms with van der Waals surface area (Å²) in [5.41, 5.74) is -2.54. The molecule has 4 aromatic rings. The molecule has 0 radical (unpaired) electrons. The van der Waals surface area contributed by atoms with Gasteiger partial charge in [0.1, 0.15) is 27.6 Å². The number of rotatable bonds is 8. The first-order valence-corrected chi connectivity index (χ1v) is 14.6. The van der Waals surface area contributed by atoms with E-state index in [4.69, 9.17) is 9.47 Å². The van der Waals surface area contributed by atoms with E-state index in [-0.39, 0.29) is 28.4 Å². The number of carboxylic acid groups (broad SMARTS) is 1. The molecule has 0 aliphatic heterocycles. The normalized spacial score (nSPS) is 14.0. The van der Waals surface area contributed by atoms with Crippen LogP contribution in [0.3, 0.4) is 0 Å². The number of hydrogen-bond acceptors (Lipinski definition) is 7. The molecule has 0 fully saturated rings. The summed E-state index contributed by atoms with van der Waals surface area (Å²) in [6.45, 7) is 10.8. The molecule has 1 amide bonds. The van der Waals surface area contributed by atoms with Gasteiger partial charge in [-0.2, -0.15) is 0 Å². The van der Waals surface area contributed by atoms with E-state index >= 15 is 0 Å². The van der Waals surface area contributed by atoms with Crippen LogP contribution in [-0.2, 0) is 21.5 Å². The largest absolute Gasteiger partial charge is 0.488 e. The average Bonchev–Trinajstić information content (AvgIpc) is 2.95. The highest BCUT2D eigenvalue weighted by Crippen LogP contribution is 2.29. The van der Waals surface area contributed by atoms with Gasteiger partial charge in [0.2, 0.25) is 0 Å². The molecule has 11 nitrogen and oxygen atoms in total. The molecule has 2 aromatic heterocycles. The number of benzene rings is 2. The van der Waals surface area contributed by atoms with Gasteiger partial charge in [0, 0.05) is 18.2 Å². The van der Waals surface area contributed by atoms with Gasteiger partial charge in [0.15, 0.2) is 5.54 Å². The van der Waals surface area contributed by atoms with Crippen molar-refractivity contribution in [2.45, 2.75) is 64.7 Å². The number of aromatic amines is 2. The molecule has 1 unspecified atom stereocenters. The molecule has 0 bridgehead atoms. The standard InChI is InChI=1S/C35H38N4O7/c1-33(2,3)45-26-16-12-23(13-17-26)20-35(31(42)43,39-32(44)46-34(4,5)6)24-14-15-25(36-21-24)19-28-30(41)37-27(29(40)38-28)18-22-10-8-7-9-11-22/h7-19,21H,20H2,1-6H3,(H,37,41)(H,38,40)(H,39,44)(H,42,43). The summed E-state index contributed by atoms with van der Waals surface area (Å²) in [6.07, 6.45) is 3.17. The topological polar surface area (TPSA) is 163 Å². The molecular weight excluding hydrogens is 588 g/mol. The number of pyridine rings is 1. The molecule has 11 heteroatoms. The maximum Gasteiger partial charge on any atom is 0.408 e. The quantitative estimate of drug-likeness (QED) is 0.231. The first-order valence-electron chi connectivity index (χ1n) is 14.6. The number of ether oxygens (including phenoxy) is 2. The van der Waals surface area contributed by atoms with Crippen LogP contribution in [0.5, 0.6) is 5.75 Å². The maximum absolute atomic E-state index is 13.0. The van der Waals surface area contributed by atoms with E-state index in [1.54, 1.807) is 63.2 Å². The molecule has 0 saturated carbocycles. The van der Waals surface area contributed by atoms with E-state index < -0.39 is 39.9 Å². The highest BCUT2D eigenvalue weighted by atomic mass is 16.6. The van der Waals surface area contributed by atoms with Crippen molar-refractivity contribution < 1.29 is 24.2 Å². The summed E-state index contributed by atoms with van der Waals surface area (Å²) < 4.78 is 11.3. The van der Waals surface area contributed by atoms with E-state index in [1.165, 1.54) is 24.4 Å². The Hall–Kier alpha value is -5.45. The van der Waals surface area contributed by atoms with Gasteiger partial charge in [0.25, 0.3) is 11.1 Å². The van der Waals surface area contributed by atoms with Crippen LogP contribution in [0.1, 0.15) is 63.9 Å². The lowest BCUT2D eigenvalue weighted by Gasteiger charge is -2.32. The second-order valence-corrected chi connectivity index (χ2v) is 12.8. The molecule has 0 aliphatic rings. The zero-order chi connectivity index (χ0) is 33.7. The molecule has 4 rings (SSSR count). The third-order valence-corrected chi connectivity index (χ3v) is 6.56. The van der Waals surface area contributed by atoms with Crippen LogP contribution >= 0.6 is 0 Å². The lowest BCUT2D eigenvalue weighted by Crippen LogP contribution is -2.54. The Kier molecular flexibility index (Phi) is 9.65. The second kappa shape index (κ2) is 13.3. The van der Waals surface area contributed by atoms with Gasteiger partial charge >= 0.3 is 12.1 Å². The molecule has 0 aliphatic carbocycles. The van der Waals surface area contributed by atoms with Gasteiger partial charge in [0.05, 0.1) is 5.69 Å². The van der Waals surface area contributed by atoms with Crippen LogP contribution in [0.25, 0.3) is 12.2 Å². The number of hydrogen-bond donors (Lipinski definition) is 4. The van der Waals surface area contributed by atoms with E-state index in [2.05, 4.69) is 20.3 Å². The van der Waals surface area contributed by atoms with Crippen LogP contribution in [0, 0.1) is 0 Å². The lowest BCUT2D eigenvalue weighted by molar-refractivity contribution is -0.145. The van der Waals surface area contributed by atoms with Gasteiger partial charge in [-0.1, -0.05) is 48.5 Å². The number of H-pyrrole nitrogens is 2. The van der Waals surface area contributed by atoms with Crippen molar-refractivity contribution in [3.63, 3.8) is 0 Å². The minimum absolute atomic E-state index is 0.0376. The Morgan fingerprint density at radius 3 is 1.96 bits per heavy atom. The number of nitrogens with zero attached hydrogens (tertiary/aromatic N) is 1. The Balaban J connectivity index is 1.72. The number of nitrogens with one attached hydrogen (secondary N) is 3. The molecule has 2 aromatic carbocycles. The van der Waals surface area contributed by atoms with Crippen LogP contribution in [0.4, 0.5) is 4.79 Å². The van der Waals surface area contributed by atoms with Gasteiger partial charge in [-0.05, 0) is 83.0 Å².